The molecule has 0 spiro atoms. The van der Waals surface area contributed by atoms with Crippen molar-refractivity contribution in [2.75, 3.05) is 39.4 Å². The van der Waals surface area contributed by atoms with Gasteiger partial charge in [0.1, 0.15) is 0 Å². The van der Waals surface area contributed by atoms with Crippen LogP contribution in [0, 0.1) is 0 Å². The third kappa shape index (κ3) is 3.83. The molecule has 0 saturated carbocycles. The summed E-state index contributed by atoms with van der Waals surface area (Å²) in [7, 11) is 0. The maximum atomic E-state index is 13.0. The van der Waals surface area contributed by atoms with Gasteiger partial charge in [-0.1, -0.05) is 24.3 Å². The molecule has 0 bridgehead atoms. The average Bonchev–Trinajstić information content (AvgIpc) is 3.04. The van der Waals surface area contributed by atoms with Crippen molar-refractivity contribution in [2.24, 2.45) is 0 Å². The normalized spacial score (nSPS) is 17.0. The van der Waals surface area contributed by atoms with Gasteiger partial charge in [-0.15, -0.1) is 0 Å². The molecule has 0 radical (unpaired) electrons. The molecule has 2 aliphatic heterocycles. The number of aromatic nitrogens is 1. The Balaban J connectivity index is 1.23. The molecule has 2 aromatic carbocycles. The highest BCUT2D eigenvalue weighted by molar-refractivity contribution is 5.95. The van der Waals surface area contributed by atoms with E-state index in [2.05, 4.69) is 34.1 Å². The summed E-state index contributed by atoms with van der Waals surface area (Å²) in [6.45, 7) is 5.23. The van der Waals surface area contributed by atoms with Crippen molar-refractivity contribution in [1.29, 1.82) is 0 Å². The highest BCUT2D eigenvalue weighted by Gasteiger charge is 2.24. The Hall–Kier alpha value is -3.12. The quantitative estimate of drug-likeness (QED) is 0.671. The second-order valence-electron chi connectivity index (χ2n) is 7.77. The van der Waals surface area contributed by atoms with Crippen LogP contribution in [0.25, 0.3) is 10.9 Å². The van der Waals surface area contributed by atoms with Crippen molar-refractivity contribution in [3.05, 3.63) is 65.9 Å². The minimum absolute atomic E-state index is 0.0529. The number of benzene rings is 2. The van der Waals surface area contributed by atoms with Crippen molar-refractivity contribution >= 4 is 16.8 Å². The van der Waals surface area contributed by atoms with Gasteiger partial charge < -0.3 is 14.4 Å². The predicted molar refractivity (Wildman–Crippen MR) is 115 cm³/mol. The molecule has 0 unspecified atom stereocenters. The molecule has 1 amide bonds. The Labute approximate surface area is 176 Å². The third-order valence-corrected chi connectivity index (χ3v) is 5.76. The van der Waals surface area contributed by atoms with Crippen LogP contribution in [-0.2, 0) is 6.54 Å². The molecule has 0 atom stereocenters. The molecule has 6 heteroatoms. The van der Waals surface area contributed by atoms with Gasteiger partial charge >= 0.3 is 0 Å². The van der Waals surface area contributed by atoms with E-state index in [0.717, 1.165) is 37.3 Å². The van der Waals surface area contributed by atoms with Gasteiger partial charge in [0, 0.05) is 56.3 Å². The molecular weight excluding hydrogens is 378 g/mol. The summed E-state index contributed by atoms with van der Waals surface area (Å²) in [6.07, 6.45) is 2.70. The van der Waals surface area contributed by atoms with Gasteiger partial charge in [0.05, 0.1) is 18.7 Å². The lowest BCUT2D eigenvalue weighted by Gasteiger charge is -2.35. The number of para-hydroxylation sites is 1. The number of piperazine rings is 1. The molecule has 1 fully saturated rings. The molecule has 3 aromatic rings. The SMILES string of the molecule is O=C(c1ccc2c(c1)OCCCO2)N1CCN(Cc2cccc3cccnc23)CC1. The Bertz CT molecular complexity index is 1060. The van der Waals surface area contributed by atoms with Gasteiger partial charge in [0.2, 0.25) is 0 Å². The number of ether oxygens (including phenoxy) is 2. The van der Waals surface area contributed by atoms with Crippen LogP contribution in [0.1, 0.15) is 22.3 Å². The van der Waals surface area contributed by atoms with E-state index in [1.54, 1.807) is 0 Å². The maximum absolute atomic E-state index is 13.0. The topological polar surface area (TPSA) is 54.9 Å². The molecule has 1 saturated heterocycles. The van der Waals surface area contributed by atoms with Gasteiger partial charge in [0.25, 0.3) is 5.91 Å². The van der Waals surface area contributed by atoms with E-state index in [4.69, 9.17) is 9.47 Å². The smallest absolute Gasteiger partial charge is 0.254 e. The van der Waals surface area contributed by atoms with Gasteiger partial charge in [-0.3, -0.25) is 14.7 Å². The van der Waals surface area contributed by atoms with E-state index in [0.29, 0.717) is 37.6 Å². The van der Waals surface area contributed by atoms with Crippen LogP contribution >= 0.6 is 0 Å². The molecule has 0 aliphatic carbocycles. The molecule has 3 heterocycles. The van der Waals surface area contributed by atoms with Crippen LogP contribution < -0.4 is 9.47 Å². The minimum Gasteiger partial charge on any atom is -0.490 e. The van der Waals surface area contributed by atoms with Crippen molar-refractivity contribution in [3.63, 3.8) is 0 Å². The number of fused-ring (bicyclic) bond motifs is 2. The number of carbonyl (C=O) groups excluding carboxylic acids is 1. The second-order valence-corrected chi connectivity index (χ2v) is 7.77. The Kier molecular flexibility index (Phi) is 5.24. The Morgan fingerprint density at radius 2 is 1.73 bits per heavy atom. The Morgan fingerprint density at radius 3 is 2.60 bits per heavy atom. The maximum Gasteiger partial charge on any atom is 0.254 e. The van der Waals surface area contributed by atoms with Crippen molar-refractivity contribution < 1.29 is 14.3 Å². The zero-order valence-corrected chi connectivity index (χ0v) is 16.9. The number of pyridine rings is 1. The van der Waals surface area contributed by atoms with Crippen LogP contribution in [0.15, 0.2) is 54.7 Å². The summed E-state index contributed by atoms with van der Waals surface area (Å²) in [6, 6.07) is 15.9. The zero-order chi connectivity index (χ0) is 20.3. The fourth-order valence-corrected chi connectivity index (χ4v) is 4.12. The molecule has 30 heavy (non-hydrogen) atoms. The highest BCUT2D eigenvalue weighted by Crippen LogP contribution is 2.31. The number of carbonyl (C=O) groups is 1. The third-order valence-electron chi connectivity index (χ3n) is 5.76. The van der Waals surface area contributed by atoms with Crippen molar-refractivity contribution in [3.8, 4) is 11.5 Å². The largest absolute Gasteiger partial charge is 0.490 e. The number of hydrogen-bond donors (Lipinski definition) is 0. The van der Waals surface area contributed by atoms with E-state index < -0.39 is 0 Å². The first-order valence-corrected chi connectivity index (χ1v) is 10.5. The highest BCUT2D eigenvalue weighted by atomic mass is 16.5. The summed E-state index contributed by atoms with van der Waals surface area (Å²) in [5.41, 5.74) is 2.95. The van der Waals surface area contributed by atoms with Crippen LogP contribution in [0.4, 0.5) is 0 Å². The van der Waals surface area contributed by atoms with Crippen molar-refractivity contribution in [2.45, 2.75) is 13.0 Å². The molecule has 1 aromatic heterocycles. The summed E-state index contributed by atoms with van der Waals surface area (Å²) < 4.78 is 11.4. The number of nitrogens with zero attached hydrogens (tertiary/aromatic N) is 3. The van der Waals surface area contributed by atoms with E-state index in [1.807, 2.05) is 35.4 Å². The minimum atomic E-state index is 0.0529. The Morgan fingerprint density at radius 1 is 0.933 bits per heavy atom. The van der Waals surface area contributed by atoms with Gasteiger partial charge in [-0.2, -0.15) is 0 Å². The molecule has 0 N–H and O–H groups in total. The summed E-state index contributed by atoms with van der Waals surface area (Å²) in [5.74, 6) is 1.44. The standard InChI is InChI=1S/C24H25N3O3/c28-24(19-7-8-21-22(16-19)30-15-3-14-29-21)27-12-10-26(11-13-27)17-20-5-1-4-18-6-2-9-25-23(18)20/h1-2,4-9,16H,3,10-15,17H2. The van der Waals surface area contributed by atoms with Gasteiger partial charge in [-0.05, 0) is 29.8 Å². The van der Waals surface area contributed by atoms with E-state index in [9.17, 15) is 4.79 Å². The number of amides is 1. The number of hydrogen-bond acceptors (Lipinski definition) is 5. The number of rotatable bonds is 3. The first-order chi connectivity index (χ1) is 14.8. The lowest BCUT2D eigenvalue weighted by molar-refractivity contribution is 0.0628. The second kappa shape index (κ2) is 8.32. The van der Waals surface area contributed by atoms with E-state index in [-0.39, 0.29) is 5.91 Å². The summed E-state index contributed by atoms with van der Waals surface area (Å²) in [4.78, 5) is 21.9. The fourth-order valence-electron chi connectivity index (χ4n) is 4.12. The van der Waals surface area contributed by atoms with E-state index in [1.165, 1.54) is 10.9 Å². The first kappa shape index (κ1) is 18.9. The first-order valence-electron chi connectivity index (χ1n) is 10.5. The average molecular weight is 403 g/mol. The lowest BCUT2D eigenvalue weighted by atomic mass is 10.1. The summed E-state index contributed by atoms with van der Waals surface area (Å²) >= 11 is 0. The van der Waals surface area contributed by atoms with Crippen LogP contribution in [0.2, 0.25) is 0 Å². The fraction of sp³-hybridized carbons (Fsp3) is 0.333. The predicted octanol–water partition coefficient (Wildman–Crippen LogP) is 3.35. The van der Waals surface area contributed by atoms with Crippen molar-refractivity contribution in [1.82, 2.24) is 14.8 Å². The van der Waals surface area contributed by atoms with E-state index >= 15 is 0 Å². The van der Waals surface area contributed by atoms with Crippen LogP contribution in [0.5, 0.6) is 11.5 Å². The molecule has 2 aliphatic rings. The monoisotopic (exact) mass is 403 g/mol. The van der Waals surface area contributed by atoms with Gasteiger partial charge in [0.15, 0.2) is 11.5 Å². The van der Waals surface area contributed by atoms with Crippen LogP contribution in [-0.4, -0.2) is 60.1 Å². The molecule has 5 rings (SSSR count). The molecular formula is C24H25N3O3. The lowest BCUT2D eigenvalue weighted by Crippen LogP contribution is -2.48. The van der Waals surface area contributed by atoms with Crippen LogP contribution in [0.3, 0.4) is 0 Å². The molecule has 154 valence electrons. The zero-order valence-electron chi connectivity index (χ0n) is 16.9. The van der Waals surface area contributed by atoms with Gasteiger partial charge in [-0.25, -0.2) is 0 Å². The molecule has 6 nitrogen and oxygen atoms in total. The summed E-state index contributed by atoms with van der Waals surface area (Å²) in [5, 5.41) is 1.17.